The van der Waals surface area contributed by atoms with Gasteiger partial charge in [-0.15, -0.1) is 0 Å². The average molecular weight is 337 g/mol. The minimum absolute atomic E-state index is 0.0622. The number of halogens is 1. The van der Waals surface area contributed by atoms with Crippen molar-refractivity contribution in [1.29, 1.82) is 0 Å². The summed E-state index contributed by atoms with van der Waals surface area (Å²) in [6.45, 7) is 4.07. The summed E-state index contributed by atoms with van der Waals surface area (Å²) in [4.78, 5) is 12.1. The number of carbonyl (C=O) groups is 1. The Morgan fingerprint density at radius 1 is 1.26 bits per heavy atom. The number of rotatable bonds is 6. The van der Waals surface area contributed by atoms with E-state index in [2.05, 4.69) is 10.6 Å². The van der Waals surface area contributed by atoms with E-state index in [0.717, 1.165) is 5.56 Å². The molecule has 2 atom stereocenters. The molecule has 2 rings (SSSR count). The number of hydrogen-bond acceptors (Lipinski definition) is 3. The number of benzene rings is 1. The summed E-state index contributed by atoms with van der Waals surface area (Å²) in [6.07, 6.45) is 0.596. The van der Waals surface area contributed by atoms with E-state index in [-0.39, 0.29) is 24.5 Å². The molecule has 0 spiro atoms. The number of amides is 2. The summed E-state index contributed by atoms with van der Waals surface area (Å²) in [5.74, 6) is 0.576. The highest BCUT2D eigenvalue weighted by molar-refractivity contribution is 6.31. The van der Waals surface area contributed by atoms with E-state index in [9.17, 15) is 9.90 Å². The van der Waals surface area contributed by atoms with Crippen molar-refractivity contribution in [2.45, 2.75) is 26.0 Å². The first-order valence-electron chi connectivity index (χ1n) is 7.49. The Bertz CT molecular complexity index is 629. The van der Waals surface area contributed by atoms with Crippen LogP contribution in [0.15, 0.2) is 47.1 Å². The summed E-state index contributed by atoms with van der Waals surface area (Å²) in [5, 5.41) is 16.1. The molecule has 0 fully saturated rings. The largest absolute Gasteiger partial charge is 0.467 e. The molecule has 0 saturated heterocycles. The fourth-order valence-electron chi connectivity index (χ4n) is 2.29. The van der Waals surface area contributed by atoms with Crippen molar-refractivity contribution in [2.75, 3.05) is 6.54 Å². The first-order chi connectivity index (χ1) is 11.0. The molecule has 2 aromatic rings. The molecule has 0 aliphatic carbocycles. The first kappa shape index (κ1) is 17.4. The van der Waals surface area contributed by atoms with Crippen molar-refractivity contribution in [3.8, 4) is 0 Å². The molecule has 3 N–H and O–H groups in total. The standard InChI is InChI=1S/C17H21ClN2O3/c1-11(2)16(12-6-3-4-7-13(12)18)20-17(22)19-10-14(21)15-8-5-9-23-15/h3-9,11,14,16,21H,10H2,1-2H3,(H2,19,20,22). The van der Waals surface area contributed by atoms with E-state index in [0.29, 0.717) is 10.8 Å². The van der Waals surface area contributed by atoms with Crippen molar-refractivity contribution >= 4 is 17.6 Å². The van der Waals surface area contributed by atoms with Crippen LogP contribution in [-0.4, -0.2) is 17.7 Å². The normalized spacial score (nSPS) is 13.6. The third kappa shape index (κ3) is 4.74. The van der Waals surface area contributed by atoms with Gasteiger partial charge in [0.25, 0.3) is 0 Å². The molecule has 2 amide bonds. The lowest BCUT2D eigenvalue weighted by molar-refractivity contribution is 0.147. The molecule has 124 valence electrons. The summed E-state index contributed by atoms with van der Waals surface area (Å²) in [7, 11) is 0. The second-order valence-corrected chi connectivity index (χ2v) is 6.04. The van der Waals surface area contributed by atoms with Gasteiger partial charge in [0.05, 0.1) is 18.8 Å². The lowest BCUT2D eigenvalue weighted by atomic mass is 9.96. The Kier molecular flexibility index (Phi) is 6.07. The number of carbonyl (C=O) groups excluding carboxylic acids is 1. The number of aliphatic hydroxyl groups is 1. The zero-order valence-corrected chi connectivity index (χ0v) is 13.9. The highest BCUT2D eigenvalue weighted by Crippen LogP contribution is 2.27. The van der Waals surface area contributed by atoms with Crippen LogP contribution in [0, 0.1) is 5.92 Å². The first-order valence-corrected chi connectivity index (χ1v) is 7.87. The fraction of sp³-hybridized carbons (Fsp3) is 0.353. The SMILES string of the molecule is CC(C)C(NC(=O)NCC(O)c1ccco1)c1ccccc1Cl. The molecule has 5 nitrogen and oxygen atoms in total. The van der Waals surface area contributed by atoms with Crippen LogP contribution in [0.5, 0.6) is 0 Å². The highest BCUT2D eigenvalue weighted by atomic mass is 35.5. The van der Waals surface area contributed by atoms with E-state index in [4.69, 9.17) is 16.0 Å². The molecule has 0 radical (unpaired) electrons. The zero-order valence-electron chi connectivity index (χ0n) is 13.1. The van der Waals surface area contributed by atoms with Crippen LogP contribution in [-0.2, 0) is 0 Å². The van der Waals surface area contributed by atoms with Crippen LogP contribution >= 0.6 is 11.6 Å². The maximum absolute atomic E-state index is 12.1. The summed E-state index contributed by atoms with van der Waals surface area (Å²) in [5.41, 5.74) is 0.867. The van der Waals surface area contributed by atoms with Gasteiger partial charge in [0.15, 0.2) is 0 Å². The molecular formula is C17H21ClN2O3. The molecule has 0 saturated carbocycles. The van der Waals surface area contributed by atoms with Gasteiger partial charge in [-0.25, -0.2) is 4.79 Å². The van der Waals surface area contributed by atoms with Crippen molar-refractivity contribution in [2.24, 2.45) is 5.92 Å². The van der Waals surface area contributed by atoms with E-state index in [1.165, 1.54) is 6.26 Å². The Morgan fingerprint density at radius 2 is 2.00 bits per heavy atom. The van der Waals surface area contributed by atoms with E-state index in [1.807, 2.05) is 32.0 Å². The van der Waals surface area contributed by atoms with Gasteiger partial charge in [-0.1, -0.05) is 43.6 Å². The van der Waals surface area contributed by atoms with Crippen molar-refractivity contribution < 1.29 is 14.3 Å². The van der Waals surface area contributed by atoms with Crippen LogP contribution in [0.1, 0.15) is 37.3 Å². The van der Waals surface area contributed by atoms with Gasteiger partial charge in [-0.2, -0.15) is 0 Å². The third-order valence-electron chi connectivity index (χ3n) is 3.52. The van der Waals surface area contributed by atoms with Gasteiger partial charge in [-0.3, -0.25) is 0 Å². The second kappa shape index (κ2) is 8.04. The van der Waals surface area contributed by atoms with Gasteiger partial charge < -0.3 is 20.2 Å². The molecule has 1 aromatic carbocycles. The maximum Gasteiger partial charge on any atom is 0.315 e. The lowest BCUT2D eigenvalue weighted by Gasteiger charge is -2.24. The smallest absolute Gasteiger partial charge is 0.315 e. The molecule has 0 bridgehead atoms. The minimum atomic E-state index is -0.881. The van der Waals surface area contributed by atoms with E-state index in [1.54, 1.807) is 18.2 Å². The summed E-state index contributed by atoms with van der Waals surface area (Å²) in [6, 6.07) is 10.2. The van der Waals surface area contributed by atoms with E-state index >= 15 is 0 Å². The predicted molar refractivity (Wildman–Crippen MR) is 89.2 cm³/mol. The molecule has 2 unspecified atom stereocenters. The van der Waals surface area contributed by atoms with Crippen LogP contribution in [0.3, 0.4) is 0 Å². The summed E-state index contributed by atoms with van der Waals surface area (Å²) >= 11 is 6.22. The van der Waals surface area contributed by atoms with Crippen LogP contribution in [0.4, 0.5) is 4.79 Å². The predicted octanol–water partition coefficient (Wildman–Crippen LogP) is 3.66. The van der Waals surface area contributed by atoms with Crippen molar-refractivity contribution in [1.82, 2.24) is 10.6 Å². The van der Waals surface area contributed by atoms with Gasteiger partial charge in [-0.05, 0) is 29.7 Å². The molecule has 1 aromatic heterocycles. The van der Waals surface area contributed by atoms with Gasteiger partial charge in [0.1, 0.15) is 11.9 Å². The quantitative estimate of drug-likeness (QED) is 0.753. The maximum atomic E-state index is 12.1. The van der Waals surface area contributed by atoms with Crippen molar-refractivity contribution in [3.05, 3.63) is 59.0 Å². The number of urea groups is 1. The van der Waals surface area contributed by atoms with Crippen LogP contribution < -0.4 is 10.6 Å². The summed E-state index contributed by atoms with van der Waals surface area (Å²) < 4.78 is 5.09. The number of hydrogen-bond donors (Lipinski definition) is 3. The zero-order chi connectivity index (χ0) is 16.8. The lowest BCUT2D eigenvalue weighted by Crippen LogP contribution is -2.41. The Balaban J connectivity index is 1.95. The minimum Gasteiger partial charge on any atom is -0.467 e. The third-order valence-corrected chi connectivity index (χ3v) is 3.87. The van der Waals surface area contributed by atoms with Crippen molar-refractivity contribution in [3.63, 3.8) is 0 Å². The highest BCUT2D eigenvalue weighted by Gasteiger charge is 2.21. The molecule has 0 aliphatic rings. The number of aliphatic hydroxyl groups excluding tert-OH is 1. The van der Waals surface area contributed by atoms with E-state index < -0.39 is 6.10 Å². The van der Waals surface area contributed by atoms with Gasteiger partial charge >= 0.3 is 6.03 Å². The molecule has 1 heterocycles. The van der Waals surface area contributed by atoms with Crippen LogP contribution in [0.25, 0.3) is 0 Å². The Morgan fingerprint density at radius 3 is 2.61 bits per heavy atom. The van der Waals surface area contributed by atoms with Gasteiger partial charge in [0.2, 0.25) is 0 Å². The number of furan rings is 1. The topological polar surface area (TPSA) is 74.5 Å². The monoisotopic (exact) mass is 336 g/mol. The fourth-order valence-corrected chi connectivity index (χ4v) is 2.55. The number of nitrogens with one attached hydrogen (secondary N) is 2. The van der Waals surface area contributed by atoms with Gasteiger partial charge in [0, 0.05) is 5.02 Å². The second-order valence-electron chi connectivity index (χ2n) is 5.63. The molecular weight excluding hydrogens is 316 g/mol. The molecule has 0 aliphatic heterocycles. The Labute approximate surface area is 140 Å². The van der Waals surface area contributed by atoms with Crippen LogP contribution in [0.2, 0.25) is 5.02 Å². The molecule has 6 heteroatoms. The molecule has 23 heavy (non-hydrogen) atoms. The average Bonchev–Trinajstić information content (AvgIpc) is 3.05. The Hall–Kier alpha value is -1.98.